The molecule has 0 aliphatic heterocycles. The Balaban J connectivity index is 2.31. The molecule has 0 saturated heterocycles. The van der Waals surface area contributed by atoms with Gasteiger partial charge in [-0.25, -0.2) is 0 Å². The summed E-state index contributed by atoms with van der Waals surface area (Å²) in [6, 6.07) is 2.40. The minimum atomic E-state index is -0.936. The van der Waals surface area contributed by atoms with Crippen molar-refractivity contribution in [2.45, 2.75) is 19.9 Å². The number of benzene rings is 1. The lowest BCUT2D eigenvalue weighted by atomic mass is 10.2. The van der Waals surface area contributed by atoms with Crippen LogP contribution in [-0.4, -0.2) is 21.8 Å². The summed E-state index contributed by atoms with van der Waals surface area (Å²) in [5.74, 6) is -0.721. The minimum Gasteiger partial charge on any atom is -0.497 e. The van der Waals surface area contributed by atoms with Crippen LogP contribution in [0.25, 0.3) is 0 Å². The molecular formula is C14H17FN4O3. The standard InChI is InChI=1S/C14H17FN4O3/c1-4-12-9(8-18(2)17-12)7-16-13-6-10(22-3)5-11(15)14(13)19(20)21/h5-6,8,16H,4,7H2,1-3H3. The maximum atomic E-state index is 13.8. The number of anilines is 1. The molecule has 0 spiro atoms. The van der Waals surface area contributed by atoms with Crippen molar-refractivity contribution in [1.29, 1.82) is 0 Å². The fourth-order valence-electron chi connectivity index (χ4n) is 2.23. The van der Waals surface area contributed by atoms with Crippen LogP contribution in [-0.2, 0) is 20.0 Å². The molecule has 0 aliphatic rings. The third-order valence-corrected chi connectivity index (χ3v) is 3.25. The monoisotopic (exact) mass is 308 g/mol. The highest BCUT2D eigenvalue weighted by Crippen LogP contribution is 2.32. The number of nitrogens with one attached hydrogen (secondary N) is 1. The van der Waals surface area contributed by atoms with Crippen molar-refractivity contribution >= 4 is 11.4 Å². The second-order valence-electron chi connectivity index (χ2n) is 4.74. The molecular weight excluding hydrogens is 291 g/mol. The molecule has 2 rings (SSSR count). The Labute approximate surface area is 126 Å². The summed E-state index contributed by atoms with van der Waals surface area (Å²) in [5.41, 5.74) is 1.28. The Bertz CT molecular complexity index is 700. The predicted octanol–water partition coefficient (Wildman–Crippen LogP) is 2.65. The van der Waals surface area contributed by atoms with Gasteiger partial charge in [0.25, 0.3) is 0 Å². The van der Waals surface area contributed by atoms with Crippen LogP contribution in [0.3, 0.4) is 0 Å². The van der Waals surface area contributed by atoms with E-state index in [9.17, 15) is 14.5 Å². The summed E-state index contributed by atoms with van der Waals surface area (Å²) in [4.78, 5) is 10.3. The van der Waals surface area contributed by atoms with Crippen LogP contribution in [0, 0.1) is 15.9 Å². The van der Waals surface area contributed by atoms with Gasteiger partial charge in [-0.2, -0.15) is 9.49 Å². The smallest absolute Gasteiger partial charge is 0.327 e. The van der Waals surface area contributed by atoms with Gasteiger partial charge < -0.3 is 10.1 Å². The molecule has 2 aromatic rings. The van der Waals surface area contributed by atoms with E-state index in [0.717, 1.165) is 23.7 Å². The Morgan fingerprint density at radius 3 is 2.82 bits per heavy atom. The Morgan fingerprint density at radius 2 is 2.23 bits per heavy atom. The zero-order valence-corrected chi connectivity index (χ0v) is 12.6. The fourth-order valence-corrected chi connectivity index (χ4v) is 2.23. The number of halogens is 1. The molecule has 1 N–H and O–H groups in total. The quantitative estimate of drug-likeness (QED) is 0.655. The number of nitro benzene ring substituents is 1. The van der Waals surface area contributed by atoms with Crippen LogP contribution in [0.5, 0.6) is 5.75 Å². The maximum absolute atomic E-state index is 13.8. The van der Waals surface area contributed by atoms with Crippen molar-refractivity contribution in [3.8, 4) is 5.75 Å². The summed E-state index contributed by atoms with van der Waals surface area (Å²) >= 11 is 0. The molecule has 0 fully saturated rings. The largest absolute Gasteiger partial charge is 0.497 e. The summed E-state index contributed by atoms with van der Waals surface area (Å²) in [6.45, 7) is 2.28. The number of ether oxygens (including phenoxy) is 1. The van der Waals surface area contributed by atoms with Crippen molar-refractivity contribution < 1.29 is 14.1 Å². The van der Waals surface area contributed by atoms with Gasteiger partial charge >= 0.3 is 5.69 Å². The summed E-state index contributed by atoms with van der Waals surface area (Å²) in [5, 5.41) is 18.2. The molecule has 0 amide bonds. The molecule has 0 atom stereocenters. The van der Waals surface area contributed by atoms with Crippen LogP contribution in [0.1, 0.15) is 18.2 Å². The maximum Gasteiger partial charge on any atom is 0.327 e. The zero-order chi connectivity index (χ0) is 16.3. The van der Waals surface area contributed by atoms with E-state index < -0.39 is 16.4 Å². The van der Waals surface area contributed by atoms with Gasteiger partial charge in [0.05, 0.1) is 17.7 Å². The molecule has 0 saturated carbocycles. The van der Waals surface area contributed by atoms with Crippen molar-refractivity contribution in [3.63, 3.8) is 0 Å². The van der Waals surface area contributed by atoms with E-state index in [4.69, 9.17) is 4.74 Å². The lowest BCUT2D eigenvalue weighted by Crippen LogP contribution is -2.05. The minimum absolute atomic E-state index is 0.0766. The topological polar surface area (TPSA) is 82.2 Å². The molecule has 1 aromatic heterocycles. The van der Waals surface area contributed by atoms with Crippen LogP contribution < -0.4 is 10.1 Å². The van der Waals surface area contributed by atoms with Crippen molar-refractivity contribution in [1.82, 2.24) is 9.78 Å². The number of nitrogens with zero attached hydrogens (tertiary/aromatic N) is 3. The number of aromatic nitrogens is 2. The number of hydrogen-bond acceptors (Lipinski definition) is 5. The van der Waals surface area contributed by atoms with E-state index in [2.05, 4.69) is 10.4 Å². The van der Waals surface area contributed by atoms with Gasteiger partial charge in [0, 0.05) is 37.5 Å². The van der Waals surface area contributed by atoms with E-state index in [-0.39, 0.29) is 11.4 Å². The summed E-state index contributed by atoms with van der Waals surface area (Å²) in [7, 11) is 3.18. The number of nitro groups is 1. The number of methoxy groups -OCH3 is 1. The Morgan fingerprint density at radius 1 is 1.50 bits per heavy atom. The van der Waals surface area contributed by atoms with E-state index in [0.29, 0.717) is 6.54 Å². The van der Waals surface area contributed by atoms with Crippen LogP contribution in [0.4, 0.5) is 15.8 Å². The molecule has 118 valence electrons. The number of aryl methyl sites for hydroxylation is 2. The van der Waals surface area contributed by atoms with Crippen molar-refractivity contribution in [2.75, 3.05) is 12.4 Å². The average Bonchev–Trinajstić information content (AvgIpc) is 2.84. The normalized spacial score (nSPS) is 10.5. The third-order valence-electron chi connectivity index (χ3n) is 3.25. The Kier molecular flexibility index (Phi) is 4.59. The molecule has 0 unspecified atom stereocenters. The van der Waals surface area contributed by atoms with Crippen LogP contribution >= 0.6 is 0 Å². The van der Waals surface area contributed by atoms with E-state index in [1.807, 2.05) is 13.1 Å². The lowest BCUT2D eigenvalue weighted by Gasteiger charge is -2.09. The van der Waals surface area contributed by atoms with Gasteiger partial charge in [-0.05, 0) is 6.42 Å². The first-order valence-corrected chi connectivity index (χ1v) is 6.73. The molecule has 0 radical (unpaired) electrons. The predicted molar refractivity (Wildman–Crippen MR) is 79.5 cm³/mol. The van der Waals surface area contributed by atoms with Gasteiger partial charge in [-0.3, -0.25) is 14.8 Å². The highest BCUT2D eigenvalue weighted by atomic mass is 19.1. The first-order valence-electron chi connectivity index (χ1n) is 6.73. The first-order chi connectivity index (χ1) is 10.5. The van der Waals surface area contributed by atoms with Gasteiger partial charge in [0.15, 0.2) is 0 Å². The van der Waals surface area contributed by atoms with Crippen LogP contribution in [0.2, 0.25) is 0 Å². The van der Waals surface area contributed by atoms with E-state index in [1.54, 1.807) is 11.7 Å². The average molecular weight is 308 g/mol. The molecule has 1 aromatic carbocycles. The van der Waals surface area contributed by atoms with Gasteiger partial charge in [0.1, 0.15) is 11.4 Å². The third kappa shape index (κ3) is 3.16. The molecule has 0 bridgehead atoms. The molecule has 7 nitrogen and oxygen atoms in total. The second-order valence-corrected chi connectivity index (χ2v) is 4.74. The van der Waals surface area contributed by atoms with Gasteiger partial charge in [0.2, 0.25) is 5.82 Å². The molecule has 8 heteroatoms. The van der Waals surface area contributed by atoms with E-state index >= 15 is 0 Å². The highest BCUT2D eigenvalue weighted by molar-refractivity contribution is 5.65. The van der Waals surface area contributed by atoms with Crippen molar-refractivity contribution in [3.05, 3.63) is 45.5 Å². The zero-order valence-electron chi connectivity index (χ0n) is 12.6. The second kappa shape index (κ2) is 6.42. The van der Waals surface area contributed by atoms with Crippen molar-refractivity contribution in [2.24, 2.45) is 7.05 Å². The highest BCUT2D eigenvalue weighted by Gasteiger charge is 2.22. The number of hydrogen-bond donors (Lipinski definition) is 1. The fraction of sp³-hybridized carbons (Fsp3) is 0.357. The first kappa shape index (κ1) is 15.7. The van der Waals surface area contributed by atoms with Gasteiger partial charge in [-0.15, -0.1) is 0 Å². The van der Waals surface area contributed by atoms with E-state index in [1.165, 1.54) is 13.2 Å². The molecule has 22 heavy (non-hydrogen) atoms. The lowest BCUT2D eigenvalue weighted by molar-refractivity contribution is -0.386. The molecule has 1 heterocycles. The number of rotatable bonds is 6. The molecule has 0 aliphatic carbocycles. The van der Waals surface area contributed by atoms with Gasteiger partial charge in [-0.1, -0.05) is 6.92 Å². The summed E-state index contributed by atoms with van der Waals surface area (Å²) < 4.78 is 20.5. The Hall–Kier alpha value is -2.64. The SMILES string of the molecule is CCc1nn(C)cc1CNc1cc(OC)cc(F)c1[N+](=O)[O-]. The van der Waals surface area contributed by atoms with Crippen LogP contribution in [0.15, 0.2) is 18.3 Å². The summed E-state index contributed by atoms with van der Waals surface area (Å²) in [6.07, 6.45) is 2.57.